The van der Waals surface area contributed by atoms with Gasteiger partial charge in [-0.3, -0.25) is 4.79 Å². The minimum atomic E-state index is -1.71. The van der Waals surface area contributed by atoms with Crippen LogP contribution in [0.4, 0.5) is 8.78 Å². The first-order valence-electron chi connectivity index (χ1n) is 10.4. The van der Waals surface area contributed by atoms with Crippen molar-refractivity contribution in [2.75, 3.05) is 0 Å². The number of carboxylic acid groups (broad SMARTS) is 1. The Kier molecular flexibility index (Phi) is 6.79. The molecule has 31 heavy (non-hydrogen) atoms. The van der Waals surface area contributed by atoms with Gasteiger partial charge in [-0.15, -0.1) is 4.72 Å². The molecule has 0 amide bonds. The maximum Gasteiger partial charge on any atom is 0.305 e. The highest BCUT2D eigenvalue weighted by atomic mass is 32.2. The summed E-state index contributed by atoms with van der Waals surface area (Å²) in [5.74, 6) is -2.78. The van der Waals surface area contributed by atoms with Gasteiger partial charge in [0.15, 0.2) is 0 Å². The van der Waals surface area contributed by atoms with Crippen LogP contribution in [0.25, 0.3) is 11.1 Å². The second kappa shape index (κ2) is 8.88. The lowest BCUT2D eigenvalue weighted by atomic mass is 9.88. The molecule has 4 nitrogen and oxygen atoms in total. The summed E-state index contributed by atoms with van der Waals surface area (Å²) >= 11 is -1.71. The molecule has 2 aromatic carbocycles. The zero-order chi connectivity index (χ0) is 23.1. The van der Waals surface area contributed by atoms with Crippen LogP contribution in [0, 0.1) is 25.5 Å². The molecule has 0 aliphatic heterocycles. The average molecular weight is 450 g/mol. The van der Waals surface area contributed by atoms with Crippen molar-refractivity contribution >= 4 is 17.3 Å². The van der Waals surface area contributed by atoms with Gasteiger partial charge in [0.1, 0.15) is 16.4 Å². The van der Waals surface area contributed by atoms with Crippen molar-refractivity contribution in [1.29, 1.82) is 0 Å². The number of benzene rings is 2. The van der Waals surface area contributed by atoms with Crippen molar-refractivity contribution in [3.05, 3.63) is 58.2 Å². The fourth-order valence-electron chi connectivity index (χ4n) is 3.78. The third-order valence-electron chi connectivity index (χ3n) is 5.56. The van der Waals surface area contributed by atoms with E-state index < -0.39 is 46.2 Å². The van der Waals surface area contributed by atoms with Crippen molar-refractivity contribution in [1.82, 2.24) is 4.72 Å². The first-order valence-corrected chi connectivity index (χ1v) is 11.5. The summed E-state index contributed by atoms with van der Waals surface area (Å²) in [5.41, 5.74) is 2.68. The molecule has 7 heteroatoms. The summed E-state index contributed by atoms with van der Waals surface area (Å²) < 4.78 is 46.2. The molecule has 2 atom stereocenters. The molecule has 1 saturated carbocycles. The Morgan fingerprint density at radius 3 is 2.29 bits per heavy atom. The molecule has 1 unspecified atom stereocenters. The van der Waals surface area contributed by atoms with E-state index in [0.29, 0.717) is 11.1 Å². The maximum absolute atomic E-state index is 15.9. The second-order valence-corrected chi connectivity index (χ2v) is 11.2. The molecular formula is C24H29F2NO3S. The van der Waals surface area contributed by atoms with Gasteiger partial charge in [-0.25, -0.2) is 8.78 Å². The van der Waals surface area contributed by atoms with Crippen LogP contribution in [0.3, 0.4) is 0 Å². The van der Waals surface area contributed by atoms with E-state index in [4.69, 9.17) is 0 Å². The first kappa shape index (κ1) is 23.7. The topological polar surface area (TPSA) is 72.4 Å². The third kappa shape index (κ3) is 5.10. The lowest BCUT2D eigenvalue weighted by molar-refractivity contribution is -0.137. The van der Waals surface area contributed by atoms with E-state index in [9.17, 15) is 14.5 Å². The van der Waals surface area contributed by atoms with Crippen LogP contribution in [0.2, 0.25) is 0 Å². The Hall–Kier alpha value is -1.96. The lowest BCUT2D eigenvalue weighted by Crippen LogP contribution is -2.42. The molecule has 0 spiro atoms. The van der Waals surface area contributed by atoms with Crippen LogP contribution >= 0.6 is 0 Å². The fraction of sp³-hybridized carbons (Fsp3) is 0.458. The van der Waals surface area contributed by atoms with Gasteiger partial charge in [-0.2, -0.15) is 0 Å². The van der Waals surface area contributed by atoms with E-state index in [1.165, 1.54) is 0 Å². The van der Waals surface area contributed by atoms with Crippen LogP contribution in [-0.4, -0.2) is 20.4 Å². The quantitative estimate of drug-likeness (QED) is 0.533. The molecule has 0 radical (unpaired) electrons. The van der Waals surface area contributed by atoms with Crippen LogP contribution in [0.5, 0.6) is 0 Å². The monoisotopic (exact) mass is 449 g/mol. The summed E-state index contributed by atoms with van der Waals surface area (Å²) in [6.07, 6.45) is 1.02. The van der Waals surface area contributed by atoms with E-state index in [1.54, 1.807) is 26.8 Å². The number of hydrogen-bond acceptors (Lipinski definition) is 3. The molecule has 1 aliphatic carbocycles. The van der Waals surface area contributed by atoms with Crippen LogP contribution in [0.15, 0.2) is 24.3 Å². The SMILES string of the molecule is Cc1cccc(C)c1-c1cc(C2CC2)c(F)c(C(CC(=O)O)N[S@+]([O-])C(C)(C)C)c1F. The summed E-state index contributed by atoms with van der Waals surface area (Å²) in [6.45, 7) is 8.86. The summed E-state index contributed by atoms with van der Waals surface area (Å²) in [6, 6.07) is 5.91. The summed E-state index contributed by atoms with van der Waals surface area (Å²) in [5, 5.41) is 9.42. The summed E-state index contributed by atoms with van der Waals surface area (Å²) in [4.78, 5) is 11.5. The highest BCUT2D eigenvalue weighted by Crippen LogP contribution is 2.46. The van der Waals surface area contributed by atoms with Crippen molar-refractivity contribution in [2.45, 2.75) is 70.6 Å². The number of hydrogen-bond donors (Lipinski definition) is 2. The number of halogens is 2. The molecule has 0 saturated heterocycles. The number of aliphatic carboxylic acids is 1. The second-order valence-electron chi connectivity index (χ2n) is 9.25. The minimum absolute atomic E-state index is 0.0129. The van der Waals surface area contributed by atoms with Crippen LogP contribution in [-0.2, 0) is 16.2 Å². The highest BCUT2D eigenvalue weighted by Gasteiger charge is 2.37. The van der Waals surface area contributed by atoms with E-state index in [-0.39, 0.29) is 17.0 Å². The van der Waals surface area contributed by atoms with Gasteiger partial charge in [0, 0.05) is 22.5 Å². The molecule has 2 N–H and O–H groups in total. The Bertz CT molecular complexity index is 979. The number of carboxylic acids is 1. The number of carbonyl (C=O) groups is 1. The predicted molar refractivity (Wildman–Crippen MR) is 119 cm³/mol. The zero-order valence-corrected chi connectivity index (χ0v) is 19.3. The van der Waals surface area contributed by atoms with Gasteiger partial charge in [0.25, 0.3) is 0 Å². The normalized spacial score (nSPS) is 16.3. The highest BCUT2D eigenvalue weighted by molar-refractivity contribution is 7.90. The average Bonchev–Trinajstić information content (AvgIpc) is 3.47. The van der Waals surface area contributed by atoms with Crippen molar-refractivity contribution in [3.63, 3.8) is 0 Å². The lowest BCUT2D eigenvalue weighted by Gasteiger charge is -2.28. The van der Waals surface area contributed by atoms with Crippen molar-refractivity contribution in [2.24, 2.45) is 0 Å². The molecule has 3 rings (SSSR count). The van der Waals surface area contributed by atoms with E-state index in [2.05, 4.69) is 4.72 Å². The van der Waals surface area contributed by atoms with E-state index >= 15 is 8.78 Å². The third-order valence-corrected chi connectivity index (χ3v) is 7.17. The first-order chi connectivity index (χ1) is 14.4. The largest absolute Gasteiger partial charge is 0.598 e. The minimum Gasteiger partial charge on any atom is -0.598 e. The molecule has 2 aromatic rings. The number of aryl methyl sites for hydroxylation is 2. The molecule has 1 aliphatic rings. The van der Waals surface area contributed by atoms with Crippen molar-refractivity contribution in [3.8, 4) is 11.1 Å². The van der Waals surface area contributed by atoms with E-state index in [1.807, 2.05) is 32.0 Å². The molecule has 0 aromatic heterocycles. The molecular weight excluding hydrogens is 420 g/mol. The number of rotatable bonds is 7. The number of nitrogens with one attached hydrogen (secondary N) is 1. The predicted octanol–water partition coefficient (Wildman–Crippen LogP) is 5.69. The van der Waals surface area contributed by atoms with E-state index in [0.717, 1.165) is 24.0 Å². The van der Waals surface area contributed by atoms with Gasteiger partial charge in [-0.1, -0.05) is 18.2 Å². The van der Waals surface area contributed by atoms with Crippen LogP contribution < -0.4 is 4.72 Å². The summed E-state index contributed by atoms with van der Waals surface area (Å²) in [7, 11) is 0. The fourth-order valence-corrected chi connectivity index (χ4v) is 4.59. The Labute approximate surface area is 185 Å². The van der Waals surface area contributed by atoms with Gasteiger partial charge in [0.2, 0.25) is 0 Å². The molecule has 0 bridgehead atoms. The van der Waals surface area contributed by atoms with Gasteiger partial charge in [-0.05, 0) is 81.7 Å². The van der Waals surface area contributed by atoms with Gasteiger partial charge < -0.3 is 9.66 Å². The Morgan fingerprint density at radius 2 is 1.81 bits per heavy atom. The van der Waals surface area contributed by atoms with Crippen LogP contribution in [0.1, 0.15) is 74.2 Å². The zero-order valence-electron chi connectivity index (χ0n) is 18.5. The molecule has 0 heterocycles. The smallest absolute Gasteiger partial charge is 0.305 e. The van der Waals surface area contributed by atoms with Gasteiger partial charge in [0.05, 0.1) is 12.5 Å². The Balaban J connectivity index is 2.24. The Morgan fingerprint density at radius 1 is 1.23 bits per heavy atom. The maximum atomic E-state index is 15.9. The standard InChI is InChI=1S/C24H29F2NO3S/c1-13-7-6-8-14(2)20(13)17-11-16(15-9-10-15)22(25)21(23(17)26)18(12-19(28)29)27-31(30)24(3,4)5/h6-8,11,15,18,27H,9-10,12H2,1-5H3,(H,28,29)/t18?,31-/m1/s1. The molecule has 1 fully saturated rings. The van der Waals surface area contributed by atoms with Crippen molar-refractivity contribution < 1.29 is 23.2 Å². The molecule has 168 valence electrons. The van der Waals surface area contributed by atoms with Gasteiger partial charge >= 0.3 is 5.97 Å².